The van der Waals surface area contributed by atoms with Gasteiger partial charge in [-0.3, -0.25) is 9.59 Å². The van der Waals surface area contributed by atoms with Crippen LogP contribution in [0.3, 0.4) is 0 Å². The van der Waals surface area contributed by atoms with Gasteiger partial charge in [-0.1, -0.05) is 13.0 Å². The topological polar surface area (TPSA) is 52.7 Å². The normalized spacial score (nSPS) is 21.9. The molecule has 2 fully saturated rings. The summed E-state index contributed by atoms with van der Waals surface area (Å²) in [5, 5.41) is 5.05. The molecule has 0 aromatic carbocycles. The second kappa shape index (κ2) is 9.51. The van der Waals surface area contributed by atoms with E-state index in [2.05, 4.69) is 17.1 Å². The van der Waals surface area contributed by atoms with E-state index >= 15 is 0 Å². The number of thiophene rings is 1. The molecular weight excluding hydrogens is 346 g/mol. The molecule has 6 heteroatoms. The van der Waals surface area contributed by atoms with Crippen LogP contribution in [-0.2, 0) is 16.0 Å². The third-order valence-corrected chi connectivity index (χ3v) is 6.48. The highest BCUT2D eigenvalue weighted by Crippen LogP contribution is 2.20. The second-order valence-electron chi connectivity index (χ2n) is 7.67. The molecule has 5 nitrogen and oxygen atoms in total. The Morgan fingerprint density at radius 1 is 1.23 bits per heavy atom. The number of hydrogen-bond acceptors (Lipinski definition) is 4. The van der Waals surface area contributed by atoms with Gasteiger partial charge in [0.25, 0.3) is 0 Å². The molecule has 2 saturated heterocycles. The molecule has 2 amide bonds. The number of hydrogen-bond donors (Lipinski definition) is 1. The number of nitrogens with zero attached hydrogens (tertiary/aromatic N) is 2. The maximum atomic E-state index is 12.5. The predicted molar refractivity (Wildman–Crippen MR) is 105 cm³/mol. The summed E-state index contributed by atoms with van der Waals surface area (Å²) >= 11 is 1.60. The summed E-state index contributed by atoms with van der Waals surface area (Å²) in [6.07, 6.45) is 5.67. The van der Waals surface area contributed by atoms with Crippen molar-refractivity contribution in [1.29, 1.82) is 0 Å². The lowest BCUT2D eigenvalue weighted by Crippen LogP contribution is -2.47. The molecule has 0 saturated carbocycles. The minimum Gasteiger partial charge on any atom is -0.354 e. The molecule has 0 radical (unpaired) electrons. The first-order chi connectivity index (χ1) is 12.6. The van der Waals surface area contributed by atoms with E-state index in [1.807, 2.05) is 17.5 Å². The van der Waals surface area contributed by atoms with Crippen molar-refractivity contribution in [2.24, 2.45) is 5.92 Å². The van der Waals surface area contributed by atoms with Crippen LogP contribution < -0.4 is 5.32 Å². The van der Waals surface area contributed by atoms with Gasteiger partial charge >= 0.3 is 0 Å². The molecule has 1 aromatic rings. The molecule has 1 atom stereocenters. The number of rotatable bonds is 7. The van der Waals surface area contributed by atoms with Crippen LogP contribution >= 0.6 is 11.3 Å². The lowest BCUT2D eigenvalue weighted by molar-refractivity contribution is -0.137. The minimum atomic E-state index is -0.279. The van der Waals surface area contributed by atoms with Crippen LogP contribution in [0.1, 0.15) is 43.9 Å². The van der Waals surface area contributed by atoms with Gasteiger partial charge in [-0.15, -0.1) is 11.3 Å². The summed E-state index contributed by atoms with van der Waals surface area (Å²) in [4.78, 5) is 30.4. The zero-order valence-corrected chi connectivity index (χ0v) is 16.6. The maximum Gasteiger partial charge on any atom is 0.242 e. The van der Waals surface area contributed by atoms with Crippen LogP contribution in [0.4, 0.5) is 0 Å². The van der Waals surface area contributed by atoms with Crippen molar-refractivity contribution >= 4 is 23.2 Å². The first-order valence-corrected chi connectivity index (χ1v) is 10.8. The van der Waals surface area contributed by atoms with Crippen LogP contribution in [-0.4, -0.2) is 60.4 Å². The molecule has 0 bridgehead atoms. The number of amides is 2. The predicted octanol–water partition coefficient (Wildman–Crippen LogP) is 2.52. The number of piperidine rings is 1. The second-order valence-corrected chi connectivity index (χ2v) is 8.70. The van der Waals surface area contributed by atoms with Crippen molar-refractivity contribution < 1.29 is 9.59 Å². The third-order valence-electron chi connectivity index (χ3n) is 5.61. The summed E-state index contributed by atoms with van der Waals surface area (Å²) in [7, 11) is 0. The Morgan fingerprint density at radius 3 is 2.77 bits per heavy atom. The zero-order chi connectivity index (χ0) is 18.4. The van der Waals surface area contributed by atoms with Gasteiger partial charge in [0.2, 0.25) is 11.8 Å². The standard InChI is InChI=1S/C20H31N3O2S/c1-16-7-12-22(13-8-16)10-4-9-21-20(25)18-6-2-11-23(18)19(24)15-17-5-3-14-26-17/h3,5,14,16,18H,2,4,6-13,15H2,1H3,(H,21,25)/t18-/m1/s1. The number of carbonyl (C=O) groups is 2. The molecule has 2 aliphatic rings. The molecular formula is C20H31N3O2S. The highest BCUT2D eigenvalue weighted by atomic mass is 32.1. The molecule has 144 valence electrons. The summed E-state index contributed by atoms with van der Waals surface area (Å²) in [5.74, 6) is 0.952. The van der Waals surface area contributed by atoms with Crippen molar-refractivity contribution in [1.82, 2.24) is 15.1 Å². The molecule has 3 heterocycles. The van der Waals surface area contributed by atoms with Crippen molar-refractivity contribution in [2.75, 3.05) is 32.7 Å². The van der Waals surface area contributed by atoms with Gasteiger partial charge in [-0.25, -0.2) is 0 Å². The SMILES string of the molecule is CC1CCN(CCCNC(=O)[C@H]2CCCN2C(=O)Cc2cccs2)CC1. The summed E-state index contributed by atoms with van der Waals surface area (Å²) < 4.78 is 0. The Bertz CT molecular complexity index is 582. The Labute approximate surface area is 160 Å². The lowest BCUT2D eigenvalue weighted by Gasteiger charge is -2.30. The van der Waals surface area contributed by atoms with Gasteiger partial charge in [0.05, 0.1) is 6.42 Å². The molecule has 26 heavy (non-hydrogen) atoms. The van der Waals surface area contributed by atoms with Gasteiger partial charge in [0, 0.05) is 18.0 Å². The molecule has 0 spiro atoms. The number of carbonyl (C=O) groups excluding carboxylic acids is 2. The zero-order valence-electron chi connectivity index (χ0n) is 15.8. The van der Waals surface area contributed by atoms with Gasteiger partial charge in [0.15, 0.2) is 0 Å². The van der Waals surface area contributed by atoms with Crippen molar-refractivity contribution in [3.05, 3.63) is 22.4 Å². The fourth-order valence-corrected chi connectivity index (χ4v) is 4.62. The molecule has 3 rings (SSSR count). The van der Waals surface area contributed by atoms with Crippen LogP contribution in [0.25, 0.3) is 0 Å². The molecule has 0 aliphatic carbocycles. The van der Waals surface area contributed by atoms with E-state index in [0.29, 0.717) is 19.5 Å². The Balaban J connectivity index is 1.38. The number of nitrogens with one attached hydrogen (secondary N) is 1. The molecule has 0 unspecified atom stereocenters. The van der Waals surface area contributed by atoms with Crippen LogP contribution in [0.15, 0.2) is 17.5 Å². The van der Waals surface area contributed by atoms with E-state index in [0.717, 1.165) is 36.6 Å². The average molecular weight is 378 g/mol. The average Bonchev–Trinajstić information content (AvgIpc) is 3.31. The maximum absolute atomic E-state index is 12.5. The fourth-order valence-electron chi connectivity index (χ4n) is 3.92. The Kier molecular flexibility index (Phi) is 7.08. The van der Waals surface area contributed by atoms with Gasteiger partial charge < -0.3 is 15.1 Å². The van der Waals surface area contributed by atoms with E-state index in [-0.39, 0.29) is 17.9 Å². The minimum absolute atomic E-state index is 0.0225. The largest absolute Gasteiger partial charge is 0.354 e. The quantitative estimate of drug-likeness (QED) is 0.743. The van der Waals surface area contributed by atoms with E-state index in [9.17, 15) is 9.59 Å². The highest BCUT2D eigenvalue weighted by Gasteiger charge is 2.33. The van der Waals surface area contributed by atoms with E-state index in [1.54, 1.807) is 16.2 Å². The summed E-state index contributed by atoms with van der Waals surface area (Å²) in [6.45, 7) is 7.15. The van der Waals surface area contributed by atoms with Gasteiger partial charge in [-0.2, -0.15) is 0 Å². The highest BCUT2D eigenvalue weighted by molar-refractivity contribution is 7.10. The smallest absolute Gasteiger partial charge is 0.242 e. The van der Waals surface area contributed by atoms with Gasteiger partial charge in [0.1, 0.15) is 6.04 Å². The van der Waals surface area contributed by atoms with Crippen molar-refractivity contribution in [2.45, 2.75) is 51.5 Å². The van der Waals surface area contributed by atoms with E-state index in [4.69, 9.17) is 0 Å². The first-order valence-electron chi connectivity index (χ1n) is 9.95. The summed E-state index contributed by atoms with van der Waals surface area (Å²) in [6, 6.07) is 3.66. The summed E-state index contributed by atoms with van der Waals surface area (Å²) in [5.41, 5.74) is 0. The monoisotopic (exact) mass is 377 g/mol. The molecule has 1 aromatic heterocycles. The van der Waals surface area contributed by atoms with E-state index in [1.165, 1.54) is 25.9 Å². The molecule has 1 N–H and O–H groups in total. The van der Waals surface area contributed by atoms with Crippen LogP contribution in [0, 0.1) is 5.92 Å². The Hall–Kier alpha value is -1.40. The number of likely N-dealkylation sites (tertiary alicyclic amines) is 2. The Morgan fingerprint density at radius 2 is 2.04 bits per heavy atom. The van der Waals surface area contributed by atoms with E-state index < -0.39 is 0 Å². The first kappa shape index (κ1) is 19.4. The molecule has 2 aliphatic heterocycles. The fraction of sp³-hybridized carbons (Fsp3) is 0.700. The third kappa shape index (κ3) is 5.30. The van der Waals surface area contributed by atoms with Crippen molar-refractivity contribution in [3.8, 4) is 0 Å². The van der Waals surface area contributed by atoms with Crippen LogP contribution in [0.5, 0.6) is 0 Å². The van der Waals surface area contributed by atoms with Gasteiger partial charge in [-0.05, 0) is 69.1 Å². The van der Waals surface area contributed by atoms with Crippen LogP contribution in [0.2, 0.25) is 0 Å². The van der Waals surface area contributed by atoms with Crippen molar-refractivity contribution in [3.63, 3.8) is 0 Å². The lowest BCUT2D eigenvalue weighted by atomic mass is 9.99.